The Hall–Kier alpha value is -0.610. The average Bonchev–Trinajstić information content (AvgIpc) is 2.26. The maximum atomic E-state index is 11.4. The summed E-state index contributed by atoms with van der Waals surface area (Å²) in [5, 5.41) is 2.90. The molecule has 0 aliphatic heterocycles. The average molecular weight is 215 g/mol. The lowest BCUT2D eigenvalue weighted by Gasteiger charge is -2.17. The number of hydrogen-bond acceptors (Lipinski definition) is 3. The van der Waals surface area contributed by atoms with E-state index in [0.717, 1.165) is 39.0 Å². The number of carbonyl (C=O) groups excluding carboxylic acids is 1. The number of nitrogens with two attached hydrogens (primary N) is 1. The van der Waals surface area contributed by atoms with Gasteiger partial charge in [-0.2, -0.15) is 0 Å². The summed E-state index contributed by atoms with van der Waals surface area (Å²) in [6, 6.07) is 0. The van der Waals surface area contributed by atoms with Crippen LogP contribution in [-0.2, 0) is 4.79 Å². The van der Waals surface area contributed by atoms with Gasteiger partial charge in [-0.05, 0) is 32.5 Å². The molecule has 3 N–H and O–H groups in total. The van der Waals surface area contributed by atoms with Crippen LogP contribution >= 0.6 is 0 Å². The summed E-state index contributed by atoms with van der Waals surface area (Å²) in [6.45, 7) is 8.57. The Morgan fingerprint density at radius 1 is 1.27 bits per heavy atom. The molecule has 15 heavy (non-hydrogen) atoms. The highest BCUT2D eigenvalue weighted by Gasteiger charge is 2.03. The standard InChI is InChI=1S/C11H25N3O/c1-3-14(4-2)10-7-11(15)13-9-6-5-8-12/h3-10,12H2,1-2H3,(H,13,15). The largest absolute Gasteiger partial charge is 0.356 e. The van der Waals surface area contributed by atoms with Gasteiger partial charge in [-0.25, -0.2) is 0 Å². The normalized spacial score (nSPS) is 10.7. The Labute approximate surface area is 93.2 Å². The van der Waals surface area contributed by atoms with Crippen molar-refractivity contribution in [2.24, 2.45) is 5.73 Å². The van der Waals surface area contributed by atoms with E-state index >= 15 is 0 Å². The van der Waals surface area contributed by atoms with Crippen LogP contribution in [0.15, 0.2) is 0 Å². The quantitative estimate of drug-likeness (QED) is 0.553. The van der Waals surface area contributed by atoms with Crippen molar-refractivity contribution in [1.82, 2.24) is 10.2 Å². The maximum absolute atomic E-state index is 11.4. The fourth-order valence-corrected chi connectivity index (χ4v) is 1.39. The molecule has 0 rings (SSSR count). The van der Waals surface area contributed by atoms with Gasteiger partial charge in [-0.15, -0.1) is 0 Å². The van der Waals surface area contributed by atoms with E-state index in [1.807, 2.05) is 0 Å². The van der Waals surface area contributed by atoms with Crippen molar-refractivity contribution in [2.75, 3.05) is 32.7 Å². The van der Waals surface area contributed by atoms with E-state index in [1.165, 1.54) is 0 Å². The molecule has 4 nitrogen and oxygen atoms in total. The van der Waals surface area contributed by atoms with Crippen LogP contribution in [0.4, 0.5) is 0 Å². The van der Waals surface area contributed by atoms with Crippen LogP contribution in [0.5, 0.6) is 0 Å². The van der Waals surface area contributed by atoms with E-state index in [4.69, 9.17) is 5.73 Å². The van der Waals surface area contributed by atoms with E-state index in [9.17, 15) is 4.79 Å². The number of carbonyl (C=O) groups is 1. The molecule has 0 unspecified atom stereocenters. The molecule has 0 aromatic heterocycles. The molecule has 0 aliphatic carbocycles. The monoisotopic (exact) mass is 215 g/mol. The first-order valence-corrected chi connectivity index (χ1v) is 5.93. The first-order valence-electron chi connectivity index (χ1n) is 5.93. The highest BCUT2D eigenvalue weighted by molar-refractivity contribution is 5.75. The Morgan fingerprint density at radius 3 is 2.47 bits per heavy atom. The molecule has 0 aromatic carbocycles. The third-order valence-corrected chi connectivity index (χ3v) is 2.50. The van der Waals surface area contributed by atoms with Gasteiger partial charge in [0.1, 0.15) is 0 Å². The van der Waals surface area contributed by atoms with Gasteiger partial charge in [0.15, 0.2) is 0 Å². The van der Waals surface area contributed by atoms with Crippen molar-refractivity contribution in [2.45, 2.75) is 33.1 Å². The number of unbranched alkanes of at least 4 members (excludes halogenated alkanes) is 1. The molecule has 90 valence electrons. The molecule has 0 radical (unpaired) electrons. The molecule has 0 fully saturated rings. The van der Waals surface area contributed by atoms with E-state index in [0.29, 0.717) is 13.0 Å². The molecule has 0 spiro atoms. The molecular formula is C11H25N3O. The van der Waals surface area contributed by atoms with Crippen LogP contribution < -0.4 is 11.1 Å². The summed E-state index contributed by atoms with van der Waals surface area (Å²) in [7, 11) is 0. The highest BCUT2D eigenvalue weighted by Crippen LogP contribution is 1.91. The number of nitrogens with zero attached hydrogens (tertiary/aromatic N) is 1. The third kappa shape index (κ3) is 8.39. The van der Waals surface area contributed by atoms with Gasteiger partial charge in [0.05, 0.1) is 0 Å². The zero-order chi connectivity index (χ0) is 11.5. The Bertz CT molecular complexity index is 158. The Kier molecular flexibility index (Phi) is 9.52. The Morgan fingerprint density at radius 2 is 1.93 bits per heavy atom. The molecule has 0 saturated heterocycles. The lowest BCUT2D eigenvalue weighted by molar-refractivity contribution is -0.121. The smallest absolute Gasteiger partial charge is 0.221 e. The predicted octanol–water partition coefficient (Wildman–Crippen LogP) is 0.573. The fourth-order valence-electron chi connectivity index (χ4n) is 1.39. The van der Waals surface area contributed by atoms with Crippen LogP contribution in [0.2, 0.25) is 0 Å². The zero-order valence-electron chi connectivity index (χ0n) is 10.1. The summed E-state index contributed by atoms with van der Waals surface area (Å²) in [4.78, 5) is 13.6. The number of hydrogen-bond donors (Lipinski definition) is 2. The predicted molar refractivity (Wildman–Crippen MR) is 63.7 cm³/mol. The number of nitrogens with one attached hydrogen (secondary N) is 1. The maximum Gasteiger partial charge on any atom is 0.221 e. The van der Waals surface area contributed by atoms with Gasteiger partial charge in [0.25, 0.3) is 0 Å². The minimum absolute atomic E-state index is 0.152. The SMILES string of the molecule is CCN(CC)CCC(=O)NCCCCN. The highest BCUT2D eigenvalue weighted by atomic mass is 16.1. The van der Waals surface area contributed by atoms with Crippen molar-refractivity contribution in [1.29, 1.82) is 0 Å². The van der Waals surface area contributed by atoms with E-state index in [2.05, 4.69) is 24.1 Å². The number of amides is 1. The number of rotatable bonds is 9. The molecule has 0 heterocycles. The second kappa shape index (κ2) is 9.93. The zero-order valence-corrected chi connectivity index (χ0v) is 10.1. The summed E-state index contributed by atoms with van der Waals surface area (Å²) in [6.07, 6.45) is 2.56. The lowest BCUT2D eigenvalue weighted by Crippen LogP contribution is -2.31. The summed E-state index contributed by atoms with van der Waals surface area (Å²) >= 11 is 0. The van der Waals surface area contributed by atoms with Gasteiger partial charge in [-0.1, -0.05) is 13.8 Å². The third-order valence-electron chi connectivity index (χ3n) is 2.50. The fraction of sp³-hybridized carbons (Fsp3) is 0.909. The van der Waals surface area contributed by atoms with E-state index < -0.39 is 0 Å². The van der Waals surface area contributed by atoms with Crippen LogP contribution in [0.1, 0.15) is 33.1 Å². The first-order chi connectivity index (χ1) is 7.24. The molecule has 4 heteroatoms. The van der Waals surface area contributed by atoms with Gasteiger partial charge in [0.2, 0.25) is 5.91 Å². The second-order valence-corrected chi connectivity index (χ2v) is 3.62. The summed E-state index contributed by atoms with van der Waals surface area (Å²) in [5.74, 6) is 0.152. The molecule has 0 atom stereocenters. The minimum Gasteiger partial charge on any atom is -0.356 e. The van der Waals surface area contributed by atoms with Gasteiger partial charge >= 0.3 is 0 Å². The van der Waals surface area contributed by atoms with Crippen molar-refractivity contribution in [3.63, 3.8) is 0 Å². The van der Waals surface area contributed by atoms with E-state index in [1.54, 1.807) is 0 Å². The van der Waals surface area contributed by atoms with Crippen molar-refractivity contribution < 1.29 is 4.79 Å². The molecule has 0 aromatic rings. The summed E-state index contributed by atoms with van der Waals surface area (Å²) < 4.78 is 0. The van der Waals surface area contributed by atoms with Gasteiger partial charge in [0, 0.05) is 19.5 Å². The van der Waals surface area contributed by atoms with Crippen LogP contribution in [0.25, 0.3) is 0 Å². The molecular weight excluding hydrogens is 190 g/mol. The molecule has 1 amide bonds. The minimum atomic E-state index is 0.152. The van der Waals surface area contributed by atoms with Crippen molar-refractivity contribution >= 4 is 5.91 Å². The van der Waals surface area contributed by atoms with Crippen LogP contribution in [-0.4, -0.2) is 43.5 Å². The lowest BCUT2D eigenvalue weighted by atomic mass is 10.3. The van der Waals surface area contributed by atoms with Crippen molar-refractivity contribution in [3.8, 4) is 0 Å². The summed E-state index contributed by atoms with van der Waals surface area (Å²) in [5.41, 5.74) is 5.36. The first kappa shape index (κ1) is 14.4. The Balaban J connectivity index is 3.40. The van der Waals surface area contributed by atoms with E-state index in [-0.39, 0.29) is 5.91 Å². The second-order valence-electron chi connectivity index (χ2n) is 3.62. The topological polar surface area (TPSA) is 58.4 Å². The van der Waals surface area contributed by atoms with Crippen LogP contribution in [0.3, 0.4) is 0 Å². The molecule has 0 bridgehead atoms. The van der Waals surface area contributed by atoms with Crippen LogP contribution in [0, 0.1) is 0 Å². The van der Waals surface area contributed by atoms with Gasteiger partial charge in [-0.3, -0.25) is 4.79 Å². The molecule has 0 aliphatic rings. The molecule has 0 saturated carbocycles. The van der Waals surface area contributed by atoms with Crippen molar-refractivity contribution in [3.05, 3.63) is 0 Å². The van der Waals surface area contributed by atoms with Gasteiger partial charge < -0.3 is 16.0 Å².